The second-order valence-corrected chi connectivity index (χ2v) is 5.84. The third-order valence-corrected chi connectivity index (χ3v) is 4.41. The lowest BCUT2D eigenvalue weighted by Gasteiger charge is -2.21. The summed E-state index contributed by atoms with van der Waals surface area (Å²) in [6.45, 7) is 2.40. The number of amides is 1. The Hall–Kier alpha value is -1.13. The fraction of sp³-hybridized carbons (Fsp3) is 0.533. The molecule has 1 fully saturated rings. The zero-order chi connectivity index (χ0) is 14.7. The standard InChI is InChI=1S/C15H20ClFN2O/c1-9(12-6-5-11(17)7-14(12)16)19-15(20)13-4-2-3-10(13)8-18/h5-7,9-10,13H,2-4,8,18H2,1H3,(H,19,20)/t9?,10-,13-/m1/s1. The smallest absolute Gasteiger partial charge is 0.223 e. The van der Waals surface area contributed by atoms with Crippen LogP contribution in [0.5, 0.6) is 0 Å². The van der Waals surface area contributed by atoms with Crippen molar-refractivity contribution in [1.82, 2.24) is 5.32 Å². The summed E-state index contributed by atoms with van der Waals surface area (Å²) in [5.74, 6) is -0.102. The molecule has 3 nitrogen and oxygen atoms in total. The Morgan fingerprint density at radius 1 is 1.55 bits per heavy atom. The second kappa shape index (κ2) is 6.55. The van der Waals surface area contributed by atoms with Crippen LogP contribution in [0.1, 0.15) is 37.8 Å². The maximum Gasteiger partial charge on any atom is 0.223 e. The first-order valence-corrected chi connectivity index (χ1v) is 7.36. The molecule has 0 aromatic heterocycles. The van der Waals surface area contributed by atoms with Crippen LogP contribution in [0.2, 0.25) is 5.02 Å². The van der Waals surface area contributed by atoms with Gasteiger partial charge in [-0.2, -0.15) is 0 Å². The van der Waals surface area contributed by atoms with Crippen LogP contribution in [0.15, 0.2) is 18.2 Å². The highest BCUT2D eigenvalue weighted by Crippen LogP contribution is 2.32. The van der Waals surface area contributed by atoms with E-state index in [0.717, 1.165) is 24.8 Å². The molecule has 5 heteroatoms. The van der Waals surface area contributed by atoms with Crippen molar-refractivity contribution in [3.05, 3.63) is 34.6 Å². The molecular formula is C15H20ClFN2O. The van der Waals surface area contributed by atoms with Crippen molar-refractivity contribution in [2.24, 2.45) is 17.6 Å². The number of carbonyl (C=O) groups excluding carboxylic acids is 1. The Balaban J connectivity index is 2.03. The van der Waals surface area contributed by atoms with Crippen molar-refractivity contribution in [1.29, 1.82) is 0 Å². The summed E-state index contributed by atoms with van der Waals surface area (Å²) in [4.78, 5) is 12.3. The molecule has 2 rings (SSSR count). The molecule has 0 radical (unpaired) electrons. The maximum atomic E-state index is 13.0. The summed E-state index contributed by atoms with van der Waals surface area (Å²) in [5, 5.41) is 3.29. The van der Waals surface area contributed by atoms with Crippen LogP contribution in [0.4, 0.5) is 4.39 Å². The Morgan fingerprint density at radius 2 is 2.30 bits per heavy atom. The van der Waals surface area contributed by atoms with E-state index >= 15 is 0 Å². The lowest BCUT2D eigenvalue weighted by Crippen LogP contribution is -2.36. The Morgan fingerprint density at radius 3 is 2.95 bits per heavy atom. The van der Waals surface area contributed by atoms with E-state index in [4.69, 9.17) is 17.3 Å². The number of hydrogen-bond donors (Lipinski definition) is 2. The molecule has 1 saturated carbocycles. The van der Waals surface area contributed by atoms with Gasteiger partial charge >= 0.3 is 0 Å². The second-order valence-electron chi connectivity index (χ2n) is 5.43. The summed E-state index contributed by atoms with van der Waals surface area (Å²) in [6.07, 6.45) is 2.95. The SMILES string of the molecule is CC(NC(=O)[C@@H]1CCC[C@@H]1CN)c1ccc(F)cc1Cl. The van der Waals surface area contributed by atoms with E-state index in [1.54, 1.807) is 6.07 Å². The number of nitrogens with one attached hydrogen (secondary N) is 1. The van der Waals surface area contributed by atoms with Crippen molar-refractivity contribution >= 4 is 17.5 Å². The predicted molar refractivity (Wildman–Crippen MR) is 77.9 cm³/mol. The fourth-order valence-corrected chi connectivity index (χ4v) is 3.25. The molecule has 1 amide bonds. The summed E-state index contributed by atoms with van der Waals surface area (Å²) in [7, 11) is 0. The van der Waals surface area contributed by atoms with Crippen molar-refractivity contribution in [3.63, 3.8) is 0 Å². The number of benzene rings is 1. The predicted octanol–water partition coefficient (Wildman–Crippen LogP) is 3.03. The van der Waals surface area contributed by atoms with Gasteiger partial charge in [-0.1, -0.05) is 24.1 Å². The van der Waals surface area contributed by atoms with Crippen LogP contribution in [-0.4, -0.2) is 12.5 Å². The highest BCUT2D eigenvalue weighted by Gasteiger charge is 2.32. The zero-order valence-electron chi connectivity index (χ0n) is 11.5. The van der Waals surface area contributed by atoms with Crippen LogP contribution in [0.25, 0.3) is 0 Å². The van der Waals surface area contributed by atoms with E-state index in [1.807, 2.05) is 6.92 Å². The van der Waals surface area contributed by atoms with E-state index < -0.39 is 0 Å². The molecular weight excluding hydrogens is 279 g/mol. The summed E-state index contributed by atoms with van der Waals surface area (Å²) in [5.41, 5.74) is 6.43. The molecule has 1 aliphatic rings. The largest absolute Gasteiger partial charge is 0.349 e. The third-order valence-electron chi connectivity index (χ3n) is 4.09. The summed E-state index contributed by atoms with van der Waals surface area (Å²) >= 11 is 6.01. The molecule has 0 spiro atoms. The fourth-order valence-electron chi connectivity index (χ4n) is 2.91. The van der Waals surface area contributed by atoms with Gasteiger partial charge in [-0.15, -0.1) is 0 Å². The number of rotatable bonds is 4. The highest BCUT2D eigenvalue weighted by atomic mass is 35.5. The van der Waals surface area contributed by atoms with Gasteiger partial charge in [0.15, 0.2) is 0 Å². The molecule has 1 aliphatic carbocycles. The average Bonchev–Trinajstić information content (AvgIpc) is 2.86. The molecule has 0 aliphatic heterocycles. The van der Waals surface area contributed by atoms with E-state index in [9.17, 15) is 9.18 Å². The van der Waals surface area contributed by atoms with Crippen molar-refractivity contribution in [3.8, 4) is 0 Å². The lowest BCUT2D eigenvalue weighted by molar-refractivity contribution is -0.126. The minimum atomic E-state index is -0.378. The van der Waals surface area contributed by atoms with Crippen LogP contribution in [0.3, 0.4) is 0 Å². The van der Waals surface area contributed by atoms with Gasteiger partial charge < -0.3 is 11.1 Å². The van der Waals surface area contributed by atoms with Crippen LogP contribution < -0.4 is 11.1 Å². The average molecular weight is 299 g/mol. The number of nitrogens with two attached hydrogens (primary N) is 1. The molecule has 3 atom stereocenters. The number of carbonyl (C=O) groups is 1. The molecule has 20 heavy (non-hydrogen) atoms. The molecule has 1 aromatic rings. The van der Waals surface area contributed by atoms with E-state index in [0.29, 0.717) is 11.6 Å². The maximum absolute atomic E-state index is 13.0. The molecule has 0 bridgehead atoms. The highest BCUT2D eigenvalue weighted by molar-refractivity contribution is 6.31. The zero-order valence-corrected chi connectivity index (χ0v) is 12.3. The molecule has 1 unspecified atom stereocenters. The third kappa shape index (κ3) is 3.30. The van der Waals surface area contributed by atoms with Gasteiger partial charge in [-0.05, 0) is 49.9 Å². The summed E-state index contributed by atoms with van der Waals surface area (Å²) < 4.78 is 13.0. The van der Waals surface area contributed by atoms with Crippen LogP contribution in [0, 0.1) is 17.7 Å². The van der Waals surface area contributed by atoms with Gasteiger partial charge in [0.1, 0.15) is 5.82 Å². The van der Waals surface area contributed by atoms with Crippen molar-refractivity contribution in [2.75, 3.05) is 6.54 Å². The first-order chi connectivity index (χ1) is 9.52. The lowest BCUT2D eigenvalue weighted by atomic mass is 9.94. The molecule has 110 valence electrons. The van der Waals surface area contributed by atoms with Crippen molar-refractivity contribution in [2.45, 2.75) is 32.2 Å². The van der Waals surface area contributed by atoms with Gasteiger partial charge in [0.2, 0.25) is 5.91 Å². The Kier molecular flexibility index (Phi) is 5.00. The molecule has 0 heterocycles. The number of halogens is 2. The Labute approximate surface area is 123 Å². The van der Waals surface area contributed by atoms with E-state index in [2.05, 4.69) is 5.32 Å². The summed E-state index contributed by atoms with van der Waals surface area (Å²) in [6, 6.07) is 3.98. The van der Waals surface area contributed by atoms with Gasteiger partial charge in [0, 0.05) is 10.9 Å². The van der Waals surface area contributed by atoms with Crippen LogP contribution >= 0.6 is 11.6 Å². The minimum absolute atomic E-state index is 0.0123. The topological polar surface area (TPSA) is 55.1 Å². The molecule has 0 saturated heterocycles. The molecule has 3 N–H and O–H groups in total. The Bertz CT molecular complexity index is 495. The van der Waals surface area contributed by atoms with Crippen LogP contribution in [-0.2, 0) is 4.79 Å². The van der Waals surface area contributed by atoms with Gasteiger partial charge in [-0.3, -0.25) is 4.79 Å². The van der Waals surface area contributed by atoms with Crippen molar-refractivity contribution < 1.29 is 9.18 Å². The van der Waals surface area contributed by atoms with Gasteiger partial charge in [0.05, 0.1) is 6.04 Å². The van der Waals surface area contributed by atoms with Gasteiger partial charge in [-0.25, -0.2) is 4.39 Å². The van der Waals surface area contributed by atoms with Gasteiger partial charge in [0.25, 0.3) is 0 Å². The molecule has 1 aromatic carbocycles. The first-order valence-electron chi connectivity index (χ1n) is 6.98. The van der Waals surface area contributed by atoms with E-state index in [-0.39, 0.29) is 29.6 Å². The minimum Gasteiger partial charge on any atom is -0.349 e. The number of hydrogen-bond acceptors (Lipinski definition) is 2. The normalized spacial score (nSPS) is 23.6. The van der Waals surface area contributed by atoms with E-state index in [1.165, 1.54) is 12.1 Å². The monoisotopic (exact) mass is 298 g/mol. The first kappa shape index (κ1) is 15.3. The quantitative estimate of drug-likeness (QED) is 0.898.